The molecule has 2 aromatic rings. The lowest BCUT2D eigenvalue weighted by molar-refractivity contribution is 0.627. The molecule has 0 saturated carbocycles. The van der Waals surface area contributed by atoms with E-state index >= 15 is 0 Å². The molecule has 0 spiro atoms. The molecule has 1 atom stereocenters. The van der Waals surface area contributed by atoms with Crippen molar-refractivity contribution < 1.29 is 4.39 Å². The van der Waals surface area contributed by atoms with Crippen molar-refractivity contribution in [3.05, 3.63) is 65.5 Å². The van der Waals surface area contributed by atoms with Gasteiger partial charge in [0.2, 0.25) is 0 Å². The smallest absolute Gasteiger partial charge is 0.125 e. The van der Waals surface area contributed by atoms with E-state index in [1.165, 1.54) is 11.6 Å². The maximum atomic E-state index is 13.2. The van der Waals surface area contributed by atoms with Crippen LogP contribution in [0.3, 0.4) is 0 Å². The Labute approximate surface area is 114 Å². The van der Waals surface area contributed by atoms with Crippen LogP contribution in [0, 0.1) is 12.7 Å². The molecular weight excluding hydrogens is 237 g/mol. The zero-order valence-electron chi connectivity index (χ0n) is 11.5. The van der Waals surface area contributed by atoms with Gasteiger partial charge in [-0.15, -0.1) is 0 Å². The lowest BCUT2D eigenvalue weighted by atomic mass is 9.98. The second-order valence-corrected chi connectivity index (χ2v) is 4.99. The standard InChI is InChI=1S/C17H20FN/c1-13(15-6-4-3-5-7-15)10-11-19-17-12-16(18)9-8-14(17)2/h3-9,12-13,19H,10-11H2,1-2H3. The maximum absolute atomic E-state index is 13.2. The van der Waals surface area contributed by atoms with Gasteiger partial charge in [0.05, 0.1) is 0 Å². The van der Waals surface area contributed by atoms with Gasteiger partial charge in [0.25, 0.3) is 0 Å². The van der Waals surface area contributed by atoms with E-state index in [0.717, 1.165) is 24.2 Å². The number of hydrogen-bond acceptors (Lipinski definition) is 1. The molecule has 0 aromatic heterocycles. The summed E-state index contributed by atoms with van der Waals surface area (Å²) in [6.07, 6.45) is 1.03. The third-order valence-corrected chi connectivity index (χ3v) is 3.46. The van der Waals surface area contributed by atoms with Crippen LogP contribution >= 0.6 is 0 Å². The van der Waals surface area contributed by atoms with Gasteiger partial charge in [-0.05, 0) is 42.5 Å². The molecule has 100 valence electrons. The van der Waals surface area contributed by atoms with E-state index in [4.69, 9.17) is 0 Å². The molecule has 1 unspecified atom stereocenters. The first-order chi connectivity index (χ1) is 9.16. The lowest BCUT2D eigenvalue weighted by Gasteiger charge is -2.14. The summed E-state index contributed by atoms with van der Waals surface area (Å²) in [4.78, 5) is 0. The topological polar surface area (TPSA) is 12.0 Å². The summed E-state index contributed by atoms with van der Waals surface area (Å²) in [5.41, 5.74) is 3.31. The van der Waals surface area contributed by atoms with Crippen LogP contribution in [0.1, 0.15) is 30.4 Å². The molecule has 19 heavy (non-hydrogen) atoms. The Morgan fingerprint density at radius 1 is 1.11 bits per heavy atom. The molecule has 0 bridgehead atoms. The molecule has 0 aliphatic rings. The van der Waals surface area contributed by atoms with Gasteiger partial charge in [0.1, 0.15) is 5.82 Å². The lowest BCUT2D eigenvalue weighted by Crippen LogP contribution is -2.07. The summed E-state index contributed by atoms with van der Waals surface area (Å²) in [5.74, 6) is 0.312. The molecule has 1 N–H and O–H groups in total. The normalized spacial score (nSPS) is 12.2. The number of anilines is 1. The summed E-state index contributed by atoms with van der Waals surface area (Å²) < 4.78 is 13.2. The Morgan fingerprint density at radius 3 is 2.58 bits per heavy atom. The molecule has 2 aromatic carbocycles. The largest absolute Gasteiger partial charge is 0.385 e. The summed E-state index contributed by atoms with van der Waals surface area (Å²) in [6.45, 7) is 5.05. The zero-order chi connectivity index (χ0) is 13.7. The van der Waals surface area contributed by atoms with Crippen molar-refractivity contribution >= 4 is 5.69 Å². The van der Waals surface area contributed by atoms with E-state index in [1.54, 1.807) is 12.1 Å². The third-order valence-electron chi connectivity index (χ3n) is 3.46. The van der Waals surface area contributed by atoms with Crippen LogP contribution in [0.2, 0.25) is 0 Å². The Bertz CT molecular complexity index is 522. The molecule has 0 saturated heterocycles. The first-order valence-corrected chi connectivity index (χ1v) is 6.72. The van der Waals surface area contributed by atoms with Crippen molar-refractivity contribution in [2.75, 3.05) is 11.9 Å². The minimum atomic E-state index is -0.191. The molecule has 0 aliphatic heterocycles. The van der Waals surface area contributed by atoms with Gasteiger partial charge in [0.15, 0.2) is 0 Å². The van der Waals surface area contributed by atoms with Crippen LogP contribution in [-0.2, 0) is 0 Å². The van der Waals surface area contributed by atoms with E-state index in [1.807, 2.05) is 13.0 Å². The molecule has 0 fully saturated rings. The predicted molar refractivity (Wildman–Crippen MR) is 79.1 cm³/mol. The summed E-state index contributed by atoms with van der Waals surface area (Å²) in [7, 11) is 0. The van der Waals surface area contributed by atoms with E-state index in [-0.39, 0.29) is 5.82 Å². The SMILES string of the molecule is Cc1ccc(F)cc1NCCC(C)c1ccccc1. The predicted octanol–water partition coefficient (Wildman–Crippen LogP) is 4.74. The molecule has 0 aliphatic carbocycles. The Kier molecular flexibility index (Phi) is 4.56. The van der Waals surface area contributed by atoms with Gasteiger partial charge in [-0.3, -0.25) is 0 Å². The fourth-order valence-corrected chi connectivity index (χ4v) is 2.16. The van der Waals surface area contributed by atoms with Crippen molar-refractivity contribution in [3.8, 4) is 0 Å². The fraction of sp³-hybridized carbons (Fsp3) is 0.294. The molecule has 2 rings (SSSR count). The van der Waals surface area contributed by atoms with Crippen LogP contribution in [0.25, 0.3) is 0 Å². The van der Waals surface area contributed by atoms with Gasteiger partial charge in [0, 0.05) is 12.2 Å². The molecule has 0 heterocycles. The molecular formula is C17H20FN. The van der Waals surface area contributed by atoms with Gasteiger partial charge in [-0.1, -0.05) is 43.3 Å². The minimum Gasteiger partial charge on any atom is -0.385 e. The monoisotopic (exact) mass is 257 g/mol. The minimum absolute atomic E-state index is 0.191. The quantitative estimate of drug-likeness (QED) is 0.815. The number of nitrogens with one attached hydrogen (secondary N) is 1. The number of halogens is 1. The van der Waals surface area contributed by atoms with E-state index in [0.29, 0.717) is 5.92 Å². The fourth-order valence-electron chi connectivity index (χ4n) is 2.16. The average molecular weight is 257 g/mol. The Morgan fingerprint density at radius 2 is 1.84 bits per heavy atom. The zero-order valence-corrected chi connectivity index (χ0v) is 11.5. The van der Waals surface area contributed by atoms with Gasteiger partial charge >= 0.3 is 0 Å². The second kappa shape index (κ2) is 6.37. The van der Waals surface area contributed by atoms with Crippen molar-refractivity contribution in [2.24, 2.45) is 0 Å². The Hall–Kier alpha value is -1.83. The number of hydrogen-bond donors (Lipinski definition) is 1. The number of rotatable bonds is 5. The summed E-state index contributed by atoms with van der Waals surface area (Å²) >= 11 is 0. The average Bonchev–Trinajstić information content (AvgIpc) is 2.43. The summed E-state index contributed by atoms with van der Waals surface area (Å²) in [5, 5.41) is 3.31. The van der Waals surface area contributed by atoms with E-state index < -0.39 is 0 Å². The first kappa shape index (κ1) is 13.6. The highest BCUT2D eigenvalue weighted by molar-refractivity contribution is 5.50. The van der Waals surface area contributed by atoms with Crippen LogP contribution in [-0.4, -0.2) is 6.54 Å². The van der Waals surface area contributed by atoms with Crippen LogP contribution in [0.4, 0.5) is 10.1 Å². The van der Waals surface area contributed by atoms with Crippen molar-refractivity contribution in [1.82, 2.24) is 0 Å². The van der Waals surface area contributed by atoms with Crippen molar-refractivity contribution in [3.63, 3.8) is 0 Å². The third kappa shape index (κ3) is 3.82. The highest BCUT2D eigenvalue weighted by Crippen LogP contribution is 2.20. The molecule has 2 heteroatoms. The number of aryl methyl sites for hydroxylation is 1. The van der Waals surface area contributed by atoms with Crippen LogP contribution < -0.4 is 5.32 Å². The first-order valence-electron chi connectivity index (χ1n) is 6.72. The van der Waals surface area contributed by atoms with E-state index in [9.17, 15) is 4.39 Å². The van der Waals surface area contributed by atoms with Gasteiger partial charge < -0.3 is 5.32 Å². The van der Waals surface area contributed by atoms with Crippen molar-refractivity contribution in [2.45, 2.75) is 26.2 Å². The summed E-state index contributed by atoms with van der Waals surface area (Å²) in [6, 6.07) is 15.3. The Balaban J connectivity index is 1.88. The molecule has 0 amide bonds. The highest BCUT2D eigenvalue weighted by Gasteiger charge is 2.05. The van der Waals surface area contributed by atoms with E-state index in [2.05, 4.69) is 36.5 Å². The van der Waals surface area contributed by atoms with Crippen LogP contribution in [0.15, 0.2) is 48.5 Å². The van der Waals surface area contributed by atoms with Gasteiger partial charge in [-0.2, -0.15) is 0 Å². The second-order valence-electron chi connectivity index (χ2n) is 4.99. The van der Waals surface area contributed by atoms with Crippen LogP contribution in [0.5, 0.6) is 0 Å². The van der Waals surface area contributed by atoms with Gasteiger partial charge in [-0.25, -0.2) is 4.39 Å². The number of benzene rings is 2. The molecule has 1 nitrogen and oxygen atoms in total. The maximum Gasteiger partial charge on any atom is 0.125 e. The van der Waals surface area contributed by atoms with Crippen molar-refractivity contribution in [1.29, 1.82) is 0 Å². The highest BCUT2D eigenvalue weighted by atomic mass is 19.1. The molecule has 0 radical (unpaired) electrons.